The molecule has 0 saturated heterocycles. The molecule has 78 valence electrons. The monoisotopic (exact) mass is 237 g/mol. The van der Waals surface area contributed by atoms with Crippen LogP contribution < -0.4 is 5.73 Å². The minimum Gasteiger partial charge on any atom is -0.398 e. The van der Waals surface area contributed by atoms with Crippen LogP contribution in [-0.2, 0) is 0 Å². The standard InChI is InChI=1S/C10H11N3S2/c1-6-3-4-9(8(11)5-6)15-10-13-12-7(2)14-10/h3-5H,11H2,1-2H3. The molecule has 0 fully saturated rings. The van der Waals surface area contributed by atoms with Gasteiger partial charge in [0.05, 0.1) is 0 Å². The molecule has 0 radical (unpaired) electrons. The van der Waals surface area contributed by atoms with E-state index in [1.54, 1.807) is 23.1 Å². The van der Waals surface area contributed by atoms with Crippen molar-refractivity contribution < 1.29 is 0 Å². The Morgan fingerprint density at radius 3 is 2.67 bits per heavy atom. The van der Waals surface area contributed by atoms with Crippen LogP contribution in [0.5, 0.6) is 0 Å². The lowest BCUT2D eigenvalue weighted by atomic mass is 10.2. The molecule has 0 aliphatic carbocycles. The smallest absolute Gasteiger partial charge is 0.179 e. The lowest BCUT2D eigenvalue weighted by Gasteiger charge is -2.03. The number of rotatable bonds is 2. The first-order valence-electron chi connectivity index (χ1n) is 4.49. The van der Waals surface area contributed by atoms with Crippen molar-refractivity contribution in [3.05, 3.63) is 28.8 Å². The number of aromatic nitrogens is 2. The maximum atomic E-state index is 5.91. The zero-order chi connectivity index (χ0) is 10.8. The van der Waals surface area contributed by atoms with Gasteiger partial charge >= 0.3 is 0 Å². The highest BCUT2D eigenvalue weighted by Gasteiger charge is 2.05. The lowest BCUT2D eigenvalue weighted by Crippen LogP contribution is -1.88. The van der Waals surface area contributed by atoms with Gasteiger partial charge in [-0.25, -0.2) is 0 Å². The molecule has 2 rings (SSSR count). The summed E-state index contributed by atoms with van der Waals surface area (Å²) >= 11 is 3.14. The summed E-state index contributed by atoms with van der Waals surface area (Å²) in [4.78, 5) is 1.04. The molecule has 2 N–H and O–H groups in total. The van der Waals surface area contributed by atoms with Crippen LogP contribution in [0.15, 0.2) is 27.4 Å². The maximum absolute atomic E-state index is 5.91. The van der Waals surface area contributed by atoms with E-state index in [0.717, 1.165) is 19.9 Å². The zero-order valence-electron chi connectivity index (χ0n) is 8.52. The normalized spacial score (nSPS) is 10.5. The summed E-state index contributed by atoms with van der Waals surface area (Å²) in [6.07, 6.45) is 0. The Hall–Kier alpha value is -1.07. The summed E-state index contributed by atoms with van der Waals surface area (Å²) in [5.74, 6) is 0. The zero-order valence-corrected chi connectivity index (χ0v) is 10.2. The van der Waals surface area contributed by atoms with Gasteiger partial charge < -0.3 is 5.73 Å². The van der Waals surface area contributed by atoms with Gasteiger partial charge in [0, 0.05) is 10.6 Å². The molecule has 1 aromatic carbocycles. The van der Waals surface area contributed by atoms with Crippen molar-refractivity contribution in [3.63, 3.8) is 0 Å². The molecule has 0 unspecified atom stereocenters. The Morgan fingerprint density at radius 1 is 1.27 bits per heavy atom. The Bertz CT molecular complexity index is 479. The third kappa shape index (κ3) is 2.49. The second-order valence-corrected chi connectivity index (χ2v) is 5.70. The highest BCUT2D eigenvalue weighted by Crippen LogP contribution is 2.33. The van der Waals surface area contributed by atoms with Gasteiger partial charge in [0.2, 0.25) is 0 Å². The quantitative estimate of drug-likeness (QED) is 0.816. The van der Waals surface area contributed by atoms with E-state index in [2.05, 4.69) is 10.2 Å². The van der Waals surface area contributed by atoms with Crippen molar-refractivity contribution in [2.24, 2.45) is 0 Å². The Balaban J connectivity index is 2.24. The second kappa shape index (κ2) is 4.20. The molecule has 0 saturated carbocycles. The number of benzene rings is 1. The topological polar surface area (TPSA) is 51.8 Å². The van der Waals surface area contributed by atoms with E-state index in [1.165, 1.54) is 5.56 Å². The van der Waals surface area contributed by atoms with Gasteiger partial charge in [-0.15, -0.1) is 10.2 Å². The molecule has 3 nitrogen and oxygen atoms in total. The number of nitrogens with zero attached hydrogens (tertiary/aromatic N) is 2. The molecule has 0 aliphatic rings. The number of hydrogen-bond acceptors (Lipinski definition) is 5. The van der Waals surface area contributed by atoms with Gasteiger partial charge in [-0.1, -0.05) is 29.2 Å². The molecule has 5 heteroatoms. The average Bonchev–Trinajstić information content (AvgIpc) is 2.56. The average molecular weight is 237 g/mol. The minimum atomic E-state index is 0.799. The van der Waals surface area contributed by atoms with Gasteiger partial charge in [0.1, 0.15) is 5.01 Å². The third-order valence-corrected chi connectivity index (χ3v) is 3.85. The van der Waals surface area contributed by atoms with Crippen molar-refractivity contribution in [1.82, 2.24) is 10.2 Å². The highest BCUT2D eigenvalue weighted by molar-refractivity contribution is 8.01. The maximum Gasteiger partial charge on any atom is 0.179 e. The molecular weight excluding hydrogens is 226 g/mol. The Kier molecular flexibility index (Phi) is 2.93. The van der Waals surface area contributed by atoms with E-state index in [1.807, 2.05) is 32.0 Å². The first-order chi connectivity index (χ1) is 7.15. The van der Waals surface area contributed by atoms with E-state index in [-0.39, 0.29) is 0 Å². The minimum absolute atomic E-state index is 0.799. The van der Waals surface area contributed by atoms with Gasteiger partial charge in [-0.3, -0.25) is 0 Å². The fraction of sp³-hybridized carbons (Fsp3) is 0.200. The molecular formula is C10H11N3S2. The highest BCUT2D eigenvalue weighted by atomic mass is 32.2. The van der Waals surface area contributed by atoms with Crippen LogP contribution in [0.3, 0.4) is 0 Å². The van der Waals surface area contributed by atoms with Crippen molar-refractivity contribution in [2.45, 2.75) is 23.1 Å². The number of anilines is 1. The lowest BCUT2D eigenvalue weighted by molar-refractivity contribution is 0.984. The van der Waals surface area contributed by atoms with Crippen LogP contribution in [0.2, 0.25) is 0 Å². The summed E-state index contributed by atoms with van der Waals surface area (Å²) in [5.41, 5.74) is 7.88. The number of nitrogens with two attached hydrogens (primary N) is 1. The van der Waals surface area contributed by atoms with Crippen LogP contribution in [0.4, 0.5) is 5.69 Å². The largest absolute Gasteiger partial charge is 0.398 e. The summed E-state index contributed by atoms with van der Waals surface area (Å²) < 4.78 is 0.933. The predicted octanol–water partition coefficient (Wildman–Crippen LogP) is 2.89. The Labute approximate surface area is 96.7 Å². The second-order valence-electron chi connectivity index (χ2n) is 3.23. The van der Waals surface area contributed by atoms with Gasteiger partial charge in [-0.05, 0) is 31.5 Å². The molecule has 15 heavy (non-hydrogen) atoms. The third-order valence-electron chi connectivity index (χ3n) is 1.87. The first kappa shape index (κ1) is 10.4. The summed E-state index contributed by atoms with van der Waals surface area (Å²) in [5, 5.41) is 8.99. The molecule has 1 heterocycles. The van der Waals surface area contributed by atoms with Crippen LogP contribution in [-0.4, -0.2) is 10.2 Å². The van der Waals surface area contributed by atoms with Gasteiger partial charge in [-0.2, -0.15) is 0 Å². The number of nitrogen functional groups attached to an aromatic ring is 1. The summed E-state index contributed by atoms with van der Waals surface area (Å²) in [6, 6.07) is 6.04. The van der Waals surface area contributed by atoms with E-state index in [0.29, 0.717) is 0 Å². The van der Waals surface area contributed by atoms with Crippen LogP contribution in [0, 0.1) is 13.8 Å². The van der Waals surface area contributed by atoms with Crippen molar-refractivity contribution in [3.8, 4) is 0 Å². The van der Waals surface area contributed by atoms with E-state index in [9.17, 15) is 0 Å². The molecule has 0 spiro atoms. The molecule has 0 amide bonds. The number of hydrogen-bond donors (Lipinski definition) is 1. The van der Waals surface area contributed by atoms with Crippen molar-refractivity contribution in [1.29, 1.82) is 0 Å². The van der Waals surface area contributed by atoms with Crippen molar-refractivity contribution in [2.75, 3.05) is 5.73 Å². The van der Waals surface area contributed by atoms with Gasteiger partial charge in [0.15, 0.2) is 4.34 Å². The van der Waals surface area contributed by atoms with Crippen LogP contribution in [0.1, 0.15) is 10.6 Å². The number of aryl methyl sites for hydroxylation is 2. The van der Waals surface area contributed by atoms with Crippen LogP contribution in [0.25, 0.3) is 0 Å². The molecule has 0 aliphatic heterocycles. The van der Waals surface area contributed by atoms with Crippen molar-refractivity contribution >= 4 is 28.8 Å². The summed E-state index contributed by atoms with van der Waals surface area (Å²) in [6.45, 7) is 3.97. The van der Waals surface area contributed by atoms with Gasteiger partial charge in [0.25, 0.3) is 0 Å². The molecule has 1 aromatic heterocycles. The van der Waals surface area contributed by atoms with E-state index in [4.69, 9.17) is 5.73 Å². The predicted molar refractivity (Wildman–Crippen MR) is 64.4 cm³/mol. The SMILES string of the molecule is Cc1ccc(Sc2nnc(C)s2)c(N)c1. The first-order valence-corrected chi connectivity index (χ1v) is 6.12. The Morgan fingerprint density at radius 2 is 2.07 bits per heavy atom. The summed E-state index contributed by atoms with van der Waals surface area (Å²) in [7, 11) is 0. The molecule has 2 aromatic rings. The van der Waals surface area contributed by atoms with Crippen LogP contribution >= 0.6 is 23.1 Å². The van der Waals surface area contributed by atoms with E-state index >= 15 is 0 Å². The fourth-order valence-electron chi connectivity index (χ4n) is 1.17. The fourth-order valence-corrected chi connectivity index (χ4v) is 2.97. The van der Waals surface area contributed by atoms with E-state index < -0.39 is 0 Å². The molecule has 0 bridgehead atoms. The molecule has 0 atom stereocenters.